The standard InChI is InChI=1S/C21H24N2O2/c1-2-6-17(7-3-1)14-23(15-18-10-12-24-13-11-18)16-21-22-19-8-4-5-9-20(19)25-21/h1-9,18H,10-16H2. The van der Waals surface area contributed by atoms with Gasteiger partial charge >= 0.3 is 0 Å². The fourth-order valence-corrected chi connectivity index (χ4v) is 3.50. The van der Waals surface area contributed by atoms with Crippen LogP contribution in [0.15, 0.2) is 59.0 Å². The van der Waals surface area contributed by atoms with Crippen molar-refractivity contribution in [1.82, 2.24) is 9.88 Å². The van der Waals surface area contributed by atoms with Crippen molar-refractivity contribution >= 4 is 11.1 Å². The quantitative estimate of drug-likeness (QED) is 0.674. The summed E-state index contributed by atoms with van der Waals surface area (Å²) in [5.41, 5.74) is 3.12. The number of ether oxygens (including phenoxy) is 1. The Bertz CT molecular complexity index is 761. The first-order valence-electron chi connectivity index (χ1n) is 9.05. The number of nitrogens with zero attached hydrogens (tertiary/aromatic N) is 2. The molecule has 0 unspecified atom stereocenters. The summed E-state index contributed by atoms with van der Waals surface area (Å²) >= 11 is 0. The van der Waals surface area contributed by atoms with Crippen LogP contribution in [0.2, 0.25) is 0 Å². The molecule has 4 nitrogen and oxygen atoms in total. The number of aromatic nitrogens is 1. The second-order valence-electron chi connectivity index (χ2n) is 6.79. The van der Waals surface area contributed by atoms with Crippen molar-refractivity contribution in [3.63, 3.8) is 0 Å². The molecule has 0 bridgehead atoms. The van der Waals surface area contributed by atoms with Crippen LogP contribution in [0.4, 0.5) is 0 Å². The van der Waals surface area contributed by atoms with Crippen LogP contribution in [0, 0.1) is 5.92 Å². The maximum absolute atomic E-state index is 5.95. The van der Waals surface area contributed by atoms with Gasteiger partial charge in [0.05, 0.1) is 6.54 Å². The van der Waals surface area contributed by atoms with E-state index in [1.807, 2.05) is 24.3 Å². The molecule has 4 heteroatoms. The van der Waals surface area contributed by atoms with Gasteiger partial charge in [0.15, 0.2) is 5.58 Å². The molecule has 1 aliphatic heterocycles. The van der Waals surface area contributed by atoms with E-state index in [-0.39, 0.29) is 0 Å². The minimum atomic E-state index is 0.682. The van der Waals surface area contributed by atoms with Crippen molar-refractivity contribution in [1.29, 1.82) is 0 Å². The molecule has 0 radical (unpaired) electrons. The van der Waals surface area contributed by atoms with Crippen LogP contribution in [0.25, 0.3) is 11.1 Å². The number of rotatable bonds is 6. The number of hydrogen-bond acceptors (Lipinski definition) is 4. The molecule has 1 aromatic heterocycles. The van der Waals surface area contributed by atoms with Crippen LogP contribution in [0.5, 0.6) is 0 Å². The van der Waals surface area contributed by atoms with E-state index in [2.05, 4.69) is 40.2 Å². The lowest BCUT2D eigenvalue weighted by atomic mass is 9.99. The van der Waals surface area contributed by atoms with Gasteiger partial charge in [0.1, 0.15) is 5.52 Å². The van der Waals surface area contributed by atoms with Crippen molar-refractivity contribution in [2.45, 2.75) is 25.9 Å². The van der Waals surface area contributed by atoms with Crippen molar-refractivity contribution in [3.05, 3.63) is 66.1 Å². The Balaban J connectivity index is 1.50. The van der Waals surface area contributed by atoms with Crippen LogP contribution < -0.4 is 0 Å². The van der Waals surface area contributed by atoms with E-state index in [1.54, 1.807) is 0 Å². The van der Waals surface area contributed by atoms with Crippen molar-refractivity contribution in [3.8, 4) is 0 Å². The molecule has 1 fully saturated rings. The molecule has 2 heterocycles. The molecule has 2 aromatic carbocycles. The van der Waals surface area contributed by atoms with Gasteiger partial charge in [-0.3, -0.25) is 4.90 Å². The summed E-state index contributed by atoms with van der Waals surface area (Å²) in [6.45, 7) is 4.47. The van der Waals surface area contributed by atoms with Crippen LogP contribution in [-0.4, -0.2) is 29.6 Å². The molecular formula is C21H24N2O2. The number of hydrogen-bond donors (Lipinski definition) is 0. The summed E-state index contributed by atoms with van der Waals surface area (Å²) in [4.78, 5) is 7.11. The molecule has 0 amide bonds. The molecule has 25 heavy (non-hydrogen) atoms. The molecule has 0 spiro atoms. The van der Waals surface area contributed by atoms with Gasteiger partial charge in [0, 0.05) is 26.3 Å². The third-order valence-electron chi connectivity index (χ3n) is 4.80. The zero-order valence-electron chi connectivity index (χ0n) is 14.4. The molecule has 0 N–H and O–H groups in total. The average molecular weight is 336 g/mol. The van der Waals surface area contributed by atoms with Crippen LogP contribution >= 0.6 is 0 Å². The summed E-state index contributed by atoms with van der Waals surface area (Å²) in [6.07, 6.45) is 2.28. The highest BCUT2D eigenvalue weighted by molar-refractivity contribution is 5.72. The molecular weight excluding hydrogens is 312 g/mol. The Morgan fingerprint density at radius 2 is 1.68 bits per heavy atom. The minimum Gasteiger partial charge on any atom is -0.439 e. The molecule has 130 valence electrons. The lowest BCUT2D eigenvalue weighted by molar-refractivity contribution is 0.0489. The van der Waals surface area contributed by atoms with Crippen molar-refractivity contribution < 1.29 is 9.15 Å². The molecule has 1 aliphatic rings. The van der Waals surface area contributed by atoms with E-state index < -0.39 is 0 Å². The summed E-state index contributed by atoms with van der Waals surface area (Å²) in [5, 5.41) is 0. The SMILES string of the molecule is c1ccc(CN(Cc2nc3ccccc3o2)CC2CCOCC2)cc1. The summed E-state index contributed by atoms with van der Waals surface area (Å²) in [7, 11) is 0. The Morgan fingerprint density at radius 1 is 0.920 bits per heavy atom. The lowest BCUT2D eigenvalue weighted by Gasteiger charge is -2.29. The van der Waals surface area contributed by atoms with Gasteiger partial charge in [-0.1, -0.05) is 42.5 Å². The first-order valence-corrected chi connectivity index (χ1v) is 9.05. The van der Waals surface area contributed by atoms with Crippen LogP contribution in [0.3, 0.4) is 0 Å². The Kier molecular flexibility index (Phi) is 5.09. The number of benzene rings is 2. The van der Waals surface area contributed by atoms with Crippen LogP contribution in [-0.2, 0) is 17.8 Å². The van der Waals surface area contributed by atoms with E-state index in [1.165, 1.54) is 5.56 Å². The number of fused-ring (bicyclic) bond motifs is 1. The monoisotopic (exact) mass is 336 g/mol. The highest BCUT2D eigenvalue weighted by atomic mass is 16.5. The van der Waals surface area contributed by atoms with Gasteiger partial charge in [-0.25, -0.2) is 4.98 Å². The van der Waals surface area contributed by atoms with Crippen molar-refractivity contribution in [2.24, 2.45) is 5.92 Å². The molecule has 3 aromatic rings. The topological polar surface area (TPSA) is 38.5 Å². The summed E-state index contributed by atoms with van der Waals surface area (Å²) in [6, 6.07) is 18.6. The van der Waals surface area contributed by atoms with Gasteiger partial charge in [-0.2, -0.15) is 0 Å². The number of oxazole rings is 1. The predicted molar refractivity (Wildman–Crippen MR) is 98.1 cm³/mol. The van der Waals surface area contributed by atoms with E-state index in [4.69, 9.17) is 9.15 Å². The molecule has 0 saturated carbocycles. The first-order chi connectivity index (χ1) is 12.4. The van der Waals surface area contributed by atoms with Gasteiger partial charge in [-0.05, 0) is 36.5 Å². The fraction of sp³-hybridized carbons (Fsp3) is 0.381. The molecule has 4 rings (SSSR count). The zero-order chi connectivity index (χ0) is 16.9. The highest BCUT2D eigenvalue weighted by Crippen LogP contribution is 2.21. The molecule has 0 atom stereocenters. The maximum atomic E-state index is 5.95. The molecule has 0 aliphatic carbocycles. The lowest BCUT2D eigenvalue weighted by Crippen LogP contribution is -2.32. The second kappa shape index (κ2) is 7.81. The van der Waals surface area contributed by atoms with E-state index in [9.17, 15) is 0 Å². The largest absolute Gasteiger partial charge is 0.439 e. The predicted octanol–water partition coefficient (Wildman–Crippen LogP) is 4.26. The van der Waals surface area contributed by atoms with E-state index >= 15 is 0 Å². The second-order valence-corrected chi connectivity index (χ2v) is 6.79. The van der Waals surface area contributed by atoms with Gasteiger partial charge in [-0.15, -0.1) is 0 Å². The Hall–Kier alpha value is -2.17. The third-order valence-corrected chi connectivity index (χ3v) is 4.80. The van der Waals surface area contributed by atoms with Gasteiger partial charge in [0.2, 0.25) is 5.89 Å². The highest BCUT2D eigenvalue weighted by Gasteiger charge is 2.19. The van der Waals surface area contributed by atoms with Crippen molar-refractivity contribution in [2.75, 3.05) is 19.8 Å². The fourth-order valence-electron chi connectivity index (χ4n) is 3.50. The van der Waals surface area contributed by atoms with Gasteiger partial charge < -0.3 is 9.15 Å². The third kappa shape index (κ3) is 4.27. The number of para-hydroxylation sites is 2. The zero-order valence-corrected chi connectivity index (χ0v) is 14.4. The summed E-state index contributed by atoms with van der Waals surface area (Å²) < 4.78 is 11.5. The average Bonchev–Trinajstić information content (AvgIpc) is 3.05. The van der Waals surface area contributed by atoms with Crippen LogP contribution in [0.1, 0.15) is 24.3 Å². The molecule has 1 saturated heterocycles. The van der Waals surface area contributed by atoms with E-state index in [0.29, 0.717) is 5.92 Å². The van der Waals surface area contributed by atoms with Gasteiger partial charge in [0.25, 0.3) is 0 Å². The normalized spacial score (nSPS) is 15.9. The van der Waals surface area contributed by atoms with E-state index in [0.717, 1.165) is 62.7 Å². The Labute approximate surface area is 148 Å². The first kappa shape index (κ1) is 16.3. The maximum Gasteiger partial charge on any atom is 0.209 e. The smallest absolute Gasteiger partial charge is 0.209 e. The Morgan fingerprint density at radius 3 is 2.48 bits per heavy atom. The minimum absolute atomic E-state index is 0.682. The summed E-state index contributed by atoms with van der Waals surface area (Å²) in [5.74, 6) is 1.48.